The molecule has 2 N–H and O–H groups in total. The van der Waals surface area contributed by atoms with Crippen molar-refractivity contribution in [3.63, 3.8) is 0 Å². The highest BCUT2D eigenvalue weighted by atomic mass is 35.5. The predicted molar refractivity (Wildman–Crippen MR) is 78.7 cm³/mol. The van der Waals surface area contributed by atoms with Gasteiger partial charge in [0.15, 0.2) is 0 Å². The molecule has 1 aromatic heterocycles. The Balaban J connectivity index is 1.95. The van der Waals surface area contributed by atoms with Crippen LogP contribution in [0.3, 0.4) is 0 Å². The molecule has 3 rings (SSSR count). The van der Waals surface area contributed by atoms with Crippen molar-refractivity contribution in [1.29, 1.82) is 0 Å². The number of pyridine rings is 1. The first-order valence-corrected chi connectivity index (χ1v) is 7.06. The number of hydrogen-bond donors (Lipinski definition) is 1. The SMILES string of the molecule is NC(c1cc(Cl)cc(Cl)c1)C1CCc2cccnc21. The zero-order valence-corrected chi connectivity index (χ0v) is 11.8. The van der Waals surface area contributed by atoms with Crippen molar-refractivity contribution in [3.05, 3.63) is 63.4 Å². The molecule has 98 valence electrons. The Labute approximate surface area is 122 Å². The second kappa shape index (κ2) is 5.12. The molecule has 2 unspecified atom stereocenters. The molecule has 1 aromatic carbocycles. The van der Waals surface area contributed by atoms with Crippen molar-refractivity contribution >= 4 is 23.2 Å². The van der Waals surface area contributed by atoms with E-state index in [9.17, 15) is 0 Å². The molecule has 0 spiro atoms. The van der Waals surface area contributed by atoms with Gasteiger partial charge in [0.1, 0.15) is 0 Å². The molecule has 0 aliphatic heterocycles. The van der Waals surface area contributed by atoms with Crippen LogP contribution in [-0.4, -0.2) is 4.98 Å². The summed E-state index contributed by atoms with van der Waals surface area (Å²) in [7, 11) is 0. The summed E-state index contributed by atoms with van der Waals surface area (Å²) < 4.78 is 0. The Bertz CT molecular complexity index is 593. The summed E-state index contributed by atoms with van der Waals surface area (Å²) in [5, 5.41) is 1.24. The molecule has 2 aromatic rings. The zero-order chi connectivity index (χ0) is 13.4. The Morgan fingerprint density at radius 3 is 2.68 bits per heavy atom. The minimum absolute atomic E-state index is 0.118. The third-order valence-electron chi connectivity index (χ3n) is 3.71. The monoisotopic (exact) mass is 292 g/mol. The number of aryl methyl sites for hydroxylation is 1. The van der Waals surface area contributed by atoms with Crippen molar-refractivity contribution in [2.45, 2.75) is 24.8 Å². The van der Waals surface area contributed by atoms with Crippen LogP contribution in [0.2, 0.25) is 10.0 Å². The van der Waals surface area contributed by atoms with Crippen LogP contribution in [0.1, 0.15) is 35.2 Å². The number of nitrogens with zero attached hydrogens (tertiary/aromatic N) is 1. The van der Waals surface area contributed by atoms with Gasteiger partial charge in [-0.2, -0.15) is 0 Å². The minimum Gasteiger partial charge on any atom is -0.323 e. The largest absolute Gasteiger partial charge is 0.323 e. The summed E-state index contributed by atoms with van der Waals surface area (Å²) in [6.07, 6.45) is 3.89. The van der Waals surface area contributed by atoms with Gasteiger partial charge in [0.25, 0.3) is 0 Å². The molecule has 0 bridgehead atoms. The van der Waals surface area contributed by atoms with Crippen LogP contribution in [0.5, 0.6) is 0 Å². The van der Waals surface area contributed by atoms with Crippen molar-refractivity contribution in [2.75, 3.05) is 0 Å². The molecule has 0 amide bonds. The van der Waals surface area contributed by atoms with E-state index >= 15 is 0 Å². The van der Waals surface area contributed by atoms with Gasteiger partial charge in [0.05, 0.1) is 0 Å². The lowest BCUT2D eigenvalue weighted by atomic mass is 9.91. The van der Waals surface area contributed by atoms with Gasteiger partial charge in [-0.15, -0.1) is 0 Å². The highest BCUT2D eigenvalue weighted by Gasteiger charge is 2.29. The van der Waals surface area contributed by atoms with Crippen LogP contribution in [0.4, 0.5) is 0 Å². The molecule has 0 fully saturated rings. The van der Waals surface area contributed by atoms with Gasteiger partial charge in [-0.3, -0.25) is 4.98 Å². The van der Waals surface area contributed by atoms with E-state index in [0.717, 1.165) is 24.1 Å². The topological polar surface area (TPSA) is 38.9 Å². The maximum atomic E-state index is 6.40. The Morgan fingerprint density at radius 2 is 1.95 bits per heavy atom. The zero-order valence-electron chi connectivity index (χ0n) is 10.3. The second-order valence-corrected chi connectivity index (χ2v) is 5.79. The lowest BCUT2D eigenvalue weighted by molar-refractivity contribution is 0.541. The fraction of sp³-hybridized carbons (Fsp3) is 0.267. The van der Waals surface area contributed by atoms with Crippen molar-refractivity contribution in [2.24, 2.45) is 5.73 Å². The average molecular weight is 293 g/mol. The molecule has 1 aliphatic rings. The lowest BCUT2D eigenvalue weighted by Gasteiger charge is -2.20. The summed E-state index contributed by atoms with van der Waals surface area (Å²) in [5.74, 6) is 0.241. The molecule has 1 heterocycles. The van der Waals surface area contributed by atoms with Gasteiger partial charge in [-0.25, -0.2) is 0 Å². The summed E-state index contributed by atoms with van der Waals surface area (Å²) in [4.78, 5) is 4.49. The molecule has 0 saturated carbocycles. The number of hydrogen-bond acceptors (Lipinski definition) is 2. The van der Waals surface area contributed by atoms with Gasteiger partial charge >= 0.3 is 0 Å². The number of halogens is 2. The van der Waals surface area contributed by atoms with E-state index in [1.165, 1.54) is 5.56 Å². The third-order valence-corrected chi connectivity index (χ3v) is 4.14. The van der Waals surface area contributed by atoms with Crippen LogP contribution in [0.25, 0.3) is 0 Å². The second-order valence-electron chi connectivity index (χ2n) is 4.92. The molecular formula is C15H14Cl2N2. The van der Waals surface area contributed by atoms with Crippen LogP contribution >= 0.6 is 23.2 Å². The maximum Gasteiger partial charge on any atom is 0.0485 e. The number of aromatic nitrogens is 1. The predicted octanol–water partition coefficient (Wildman–Crippen LogP) is 4.12. The summed E-state index contributed by atoms with van der Waals surface area (Å²) in [6.45, 7) is 0. The number of fused-ring (bicyclic) bond motifs is 1. The maximum absolute atomic E-state index is 6.40. The average Bonchev–Trinajstić information content (AvgIpc) is 2.80. The third kappa shape index (κ3) is 2.48. The molecule has 4 heteroatoms. The number of benzene rings is 1. The fourth-order valence-electron chi connectivity index (χ4n) is 2.79. The van der Waals surface area contributed by atoms with Gasteiger partial charge in [0.2, 0.25) is 0 Å². The van der Waals surface area contributed by atoms with Gasteiger partial charge in [0, 0.05) is 33.9 Å². The molecule has 0 radical (unpaired) electrons. The highest BCUT2D eigenvalue weighted by Crippen LogP contribution is 2.40. The molecule has 1 aliphatic carbocycles. The summed E-state index contributed by atoms with van der Waals surface area (Å²) in [5.41, 5.74) is 9.79. The Kier molecular flexibility index (Phi) is 3.48. The first kappa shape index (κ1) is 12.9. The Morgan fingerprint density at radius 1 is 1.21 bits per heavy atom. The normalized spacial score (nSPS) is 19.2. The number of rotatable bonds is 2. The van der Waals surface area contributed by atoms with Crippen LogP contribution in [-0.2, 0) is 6.42 Å². The minimum atomic E-state index is -0.118. The van der Waals surface area contributed by atoms with Crippen molar-refractivity contribution < 1.29 is 0 Å². The van der Waals surface area contributed by atoms with E-state index in [1.807, 2.05) is 24.4 Å². The van der Waals surface area contributed by atoms with Crippen molar-refractivity contribution in [1.82, 2.24) is 4.98 Å². The van der Waals surface area contributed by atoms with Gasteiger partial charge < -0.3 is 5.73 Å². The van der Waals surface area contributed by atoms with Crippen LogP contribution in [0, 0.1) is 0 Å². The molecular weight excluding hydrogens is 279 g/mol. The van der Waals surface area contributed by atoms with Crippen molar-refractivity contribution in [3.8, 4) is 0 Å². The summed E-state index contributed by atoms with van der Waals surface area (Å²) >= 11 is 12.1. The van der Waals surface area contributed by atoms with Gasteiger partial charge in [-0.05, 0) is 48.2 Å². The highest BCUT2D eigenvalue weighted by molar-refractivity contribution is 6.34. The molecule has 2 nitrogen and oxygen atoms in total. The number of nitrogens with two attached hydrogens (primary N) is 1. The summed E-state index contributed by atoms with van der Waals surface area (Å²) in [6, 6.07) is 9.48. The molecule has 2 atom stereocenters. The van der Waals surface area contributed by atoms with E-state index in [-0.39, 0.29) is 12.0 Å². The Hall–Kier alpha value is -1.09. The van der Waals surface area contributed by atoms with E-state index in [4.69, 9.17) is 28.9 Å². The molecule has 0 saturated heterocycles. The first-order chi connectivity index (χ1) is 9.15. The standard InChI is InChI=1S/C15H14Cl2N2/c16-11-6-10(7-12(17)8-11)14(18)13-4-3-9-2-1-5-19-15(9)13/h1-2,5-8,13-14H,3-4,18H2. The van der Waals surface area contributed by atoms with E-state index in [0.29, 0.717) is 10.0 Å². The lowest BCUT2D eigenvalue weighted by Crippen LogP contribution is -2.18. The van der Waals surface area contributed by atoms with E-state index in [1.54, 1.807) is 6.07 Å². The quantitative estimate of drug-likeness (QED) is 0.904. The van der Waals surface area contributed by atoms with Gasteiger partial charge in [-0.1, -0.05) is 29.3 Å². The molecule has 19 heavy (non-hydrogen) atoms. The smallest absolute Gasteiger partial charge is 0.0485 e. The van der Waals surface area contributed by atoms with Crippen LogP contribution in [0.15, 0.2) is 36.5 Å². The van der Waals surface area contributed by atoms with Crippen LogP contribution < -0.4 is 5.73 Å². The van der Waals surface area contributed by atoms with E-state index in [2.05, 4.69) is 11.1 Å². The van der Waals surface area contributed by atoms with E-state index < -0.39 is 0 Å². The fourth-order valence-corrected chi connectivity index (χ4v) is 3.34. The first-order valence-electron chi connectivity index (χ1n) is 6.30.